The number of nitrogens with two attached hydrogens (primary N) is 2. The van der Waals surface area contributed by atoms with Crippen molar-refractivity contribution in [3.8, 4) is 0 Å². The number of alkyl halides is 1. The van der Waals surface area contributed by atoms with Gasteiger partial charge in [0, 0.05) is 5.39 Å². The molecule has 0 saturated heterocycles. The number of fused-ring (bicyclic) bond motifs is 1. The van der Waals surface area contributed by atoms with Crippen LogP contribution >= 0.6 is 15.9 Å². The summed E-state index contributed by atoms with van der Waals surface area (Å²) in [5, 5.41) is 0.938. The van der Waals surface area contributed by atoms with Gasteiger partial charge in [-0.2, -0.15) is 0 Å². The number of carbonyl (C=O) groups excluding carboxylic acids is 1. The van der Waals surface area contributed by atoms with E-state index in [9.17, 15) is 4.79 Å². The van der Waals surface area contributed by atoms with Crippen LogP contribution in [0.25, 0.3) is 10.9 Å². The van der Waals surface area contributed by atoms with Crippen LogP contribution in [0.4, 0.5) is 5.69 Å². The van der Waals surface area contributed by atoms with E-state index in [0.29, 0.717) is 16.9 Å². The van der Waals surface area contributed by atoms with Crippen LogP contribution in [0.1, 0.15) is 10.5 Å². The zero-order valence-corrected chi connectivity index (χ0v) is 9.94. The molecular weight excluding hydrogens is 270 g/mol. The van der Waals surface area contributed by atoms with Crippen LogP contribution in [0.15, 0.2) is 30.3 Å². The molecule has 0 spiro atoms. The quantitative estimate of drug-likeness (QED) is 0.649. The Bertz CT molecular complexity index is 556. The van der Waals surface area contributed by atoms with Gasteiger partial charge in [0.05, 0.1) is 16.9 Å². The molecule has 1 aromatic carbocycles. The topological polar surface area (TPSA) is 82.0 Å². The first kappa shape index (κ1) is 10.9. The number of rotatable bonds is 2. The number of hydrogen-bond acceptors (Lipinski definition) is 3. The van der Waals surface area contributed by atoms with Crippen molar-refractivity contribution in [2.75, 3.05) is 5.73 Å². The summed E-state index contributed by atoms with van der Waals surface area (Å²) < 4.78 is 0. The minimum Gasteiger partial charge on any atom is -0.397 e. The summed E-state index contributed by atoms with van der Waals surface area (Å²) in [6, 6.07) is 9.17. The Morgan fingerprint density at radius 1 is 1.31 bits per heavy atom. The third kappa shape index (κ3) is 1.86. The minimum absolute atomic E-state index is 0.471. The number of benzene rings is 1. The van der Waals surface area contributed by atoms with Gasteiger partial charge in [0.1, 0.15) is 4.83 Å². The van der Waals surface area contributed by atoms with Crippen molar-refractivity contribution in [3.05, 3.63) is 36.0 Å². The molecule has 2 rings (SSSR count). The molecule has 0 radical (unpaired) electrons. The van der Waals surface area contributed by atoms with Gasteiger partial charge in [0.25, 0.3) is 0 Å². The normalized spacial score (nSPS) is 12.6. The van der Waals surface area contributed by atoms with E-state index in [4.69, 9.17) is 11.5 Å². The zero-order valence-electron chi connectivity index (χ0n) is 8.35. The molecule has 0 aliphatic rings. The molecule has 1 heterocycles. The fraction of sp³-hybridized carbons (Fsp3) is 0.0909. The van der Waals surface area contributed by atoms with E-state index < -0.39 is 10.7 Å². The molecule has 1 amide bonds. The van der Waals surface area contributed by atoms with Crippen LogP contribution in [0.3, 0.4) is 0 Å². The summed E-state index contributed by atoms with van der Waals surface area (Å²) in [5.74, 6) is -0.471. The molecule has 0 fully saturated rings. The van der Waals surface area contributed by atoms with Crippen LogP contribution < -0.4 is 11.5 Å². The first-order valence-corrected chi connectivity index (χ1v) is 5.59. The smallest absolute Gasteiger partial charge is 0.237 e. The fourth-order valence-corrected chi connectivity index (χ4v) is 1.73. The zero-order chi connectivity index (χ0) is 11.7. The predicted molar refractivity (Wildman–Crippen MR) is 67.0 cm³/mol. The van der Waals surface area contributed by atoms with Crippen LogP contribution in [-0.4, -0.2) is 10.9 Å². The molecular formula is C11H10BrN3O. The highest BCUT2D eigenvalue weighted by atomic mass is 79.9. The summed E-state index contributed by atoms with van der Waals surface area (Å²) in [4.78, 5) is 14.8. The lowest BCUT2D eigenvalue weighted by molar-refractivity contribution is -0.117. The van der Waals surface area contributed by atoms with Gasteiger partial charge in [0.15, 0.2) is 0 Å². The summed E-state index contributed by atoms with van der Waals surface area (Å²) in [6.45, 7) is 0. The average Bonchev–Trinajstić information content (AvgIpc) is 2.28. The Balaban J connectivity index is 2.59. The number of pyridine rings is 1. The third-order valence-electron chi connectivity index (χ3n) is 2.28. The molecule has 2 aromatic rings. The lowest BCUT2D eigenvalue weighted by Gasteiger charge is -2.07. The summed E-state index contributed by atoms with van der Waals surface area (Å²) in [5.41, 5.74) is 12.8. The van der Waals surface area contributed by atoms with Crippen LogP contribution in [0, 0.1) is 0 Å². The molecule has 0 saturated carbocycles. The maximum absolute atomic E-state index is 11.0. The SMILES string of the molecule is NC(=O)C(Br)c1ccc2cccc(N)c2n1. The van der Waals surface area contributed by atoms with Crippen molar-refractivity contribution in [1.29, 1.82) is 0 Å². The molecule has 4 nitrogen and oxygen atoms in total. The van der Waals surface area contributed by atoms with Gasteiger partial charge >= 0.3 is 0 Å². The fourth-order valence-electron chi connectivity index (χ4n) is 1.47. The summed E-state index contributed by atoms with van der Waals surface area (Å²) in [7, 11) is 0. The molecule has 5 heteroatoms. The number of para-hydroxylation sites is 1. The first-order chi connectivity index (χ1) is 7.59. The Kier molecular flexibility index (Phi) is 2.78. The first-order valence-electron chi connectivity index (χ1n) is 4.68. The monoisotopic (exact) mass is 279 g/mol. The van der Waals surface area contributed by atoms with E-state index in [1.807, 2.05) is 18.2 Å². The maximum atomic E-state index is 11.0. The lowest BCUT2D eigenvalue weighted by Crippen LogP contribution is -2.17. The second-order valence-electron chi connectivity index (χ2n) is 3.42. The van der Waals surface area contributed by atoms with E-state index in [1.165, 1.54) is 0 Å². The summed E-state index contributed by atoms with van der Waals surface area (Å²) >= 11 is 3.18. The molecule has 4 N–H and O–H groups in total. The van der Waals surface area contributed by atoms with Crippen molar-refractivity contribution in [3.63, 3.8) is 0 Å². The van der Waals surface area contributed by atoms with Gasteiger partial charge in [-0.3, -0.25) is 4.79 Å². The standard InChI is InChI=1S/C11H10BrN3O/c12-9(11(14)16)8-5-4-6-2-1-3-7(13)10(6)15-8/h1-5,9H,13H2,(H2,14,16). The number of carbonyl (C=O) groups is 1. The molecule has 1 atom stereocenters. The van der Waals surface area contributed by atoms with E-state index in [0.717, 1.165) is 5.39 Å². The largest absolute Gasteiger partial charge is 0.397 e. The maximum Gasteiger partial charge on any atom is 0.237 e. The van der Waals surface area contributed by atoms with Crippen LogP contribution in [-0.2, 0) is 4.79 Å². The van der Waals surface area contributed by atoms with Gasteiger partial charge in [0.2, 0.25) is 5.91 Å². The van der Waals surface area contributed by atoms with Crippen molar-refractivity contribution >= 4 is 38.4 Å². The van der Waals surface area contributed by atoms with Crippen LogP contribution in [0.5, 0.6) is 0 Å². The number of nitrogens with zero attached hydrogens (tertiary/aromatic N) is 1. The molecule has 0 aliphatic carbocycles. The van der Waals surface area contributed by atoms with Crippen molar-refractivity contribution in [2.24, 2.45) is 5.73 Å². The highest BCUT2D eigenvalue weighted by molar-refractivity contribution is 9.09. The van der Waals surface area contributed by atoms with Gasteiger partial charge < -0.3 is 11.5 Å². The Hall–Kier alpha value is -1.62. The highest BCUT2D eigenvalue weighted by Gasteiger charge is 2.15. The molecule has 1 aromatic heterocycles. The van der Waals surface area contributed by atoms with Crippen molar-refractivity contribution in [2.45, 2.75) is 4.83 Å². The molecule has 82 valence electrons. The van der Waals surface area contributed by atoms with Crippen molar-refractivity contribution in [1.82, 2.24) is 4.98 Å². The van der Waals surface area contributed by atoms with Crippen LogP contribution in [0.2, 0.25) is 0 Å². The Labute approximate surface area is 101 Å². The number of halogens is 1. The highest BCUT2D eigenvalue weighted by Crippen LogP contribution is 2.25. The van der Waals surface area contributed by atoms with E-state index >= 15 is 0 Å². The predicted octanol–water partition coefficient (Wildman–Crippen LogP) is 1.74. The summed E-state index contributed by atoms with van der Waals surface area (Å²) in [6.07, 6.45) is 0. The molecule has 0 bridgehead atoms. The molecule has 0 aliphatic heterocycles. The van der Waals surface area contributed by atoms with E-state index in [1.54, 1.807) is 12.1 Å². The van der Waals surface area contributed by atoms with Gasteiger partial charge in [-0.15, -0.1) is 0 Å². The number of amides is 1. The lowest BCUT2D eigenvalue weighted by atomic mass is 10.1. The second kappa shape index (κ2) is 4.09. The van der Waals surface area contributed by atoms with E-state index in [-0.39, 0.29) is 0 Å². The third-order valence-corrected chi connectivity index (χ3v) is 3.20. The van der Waals surface area contributed by atoms with Gasteiger partial charge in [-0.25, -0.2) is 4.98 Å². The molecule has 16 heavy (non-hydrogen) atoms. The molecule has 1 unspecified atom stereocenters. The second-order valence-corrected chi connectivity index (χ2v) is 4.34. The van der Waals surface area contributed by atoms with E-state index in [2.05, 4.69) is 20.9 Å². The Morgan fingerprint density at radius 3 is 2.75 bits per heavy atom. The number of hydrogen-bond donors (Lipinski definition) is 2. The van der Waals surface area contributed by atoms with Gasteiger partial charge in [-0.1, -0.05) is 34.1 Å². The number of aromatic nitrogens is 1. The number of anilines is 1. The minimum atomic E-state index is -0.587. The average molecular weight is 280 g/mol. The number of primary amides is 1. The Morgan fingerprint density at radius 2 is 2.06 bits per heavy atom. The van der Waals surface area contributed by atoms with Crippen molar-refractivity contribution < 1.29 is 4.79 Å². The van der Waals surface area contributed by atoms with Gasteiger partial charge in [-0.05, 0) is 12.1 Å². The number of nitrogen functional groups attached to an aromatic ring is 1.